The van der Waals surface area contributed by atoms with Crippen molar-refractivity contribution < 1.29 is 14.7 Å². The van der Waals surface area contributed by atoms with Crippen LogP contribution in [0.4, 0.5) is 5.69 Å². The zero-order chi connectivity index (χ0) is 14.7. The zero-order valence-corrected chi connectivity index (χ0v) is 11.3. The van der Waals surface area contributed by atoms with Gasteiger partial charge in [-0.05, 0) is 30.7 Å². The minimum atomic E-state index is -1.04. The molecule has 0 radical (unpaired) electrons. The van der Waals surface area contributed by atoms with E-state index in [1.54, 1.807) is 19.1 Å². The van der Waals surface area contributed by atoms with Crippen molar-refractivity contribution in [2.75, 3.05) is 5.32 Å². The van der Waals surface area contributed by atoms with Crippen LogP contribution >= 0.6 is 11.6 Å². The summed E-state index contributed by atoms with van der Waals surface area (Å²) in [5, 5.41) is 11.9. The highest BCUT2D eigenvalue weighted by molar-refractivity contribution is 6.34. The van der Waals surface area contributed by atoms with Crippen LogP contribution in [0, 0.1) is 6.92 Å². The quantitative estimate of drug-likeness (QED) is 0.911. The number of pyridine rings is 1. The summed E-state index contributed by atoms with van der Waals surface area (Å²) in [6.45, 7) is 1.63. The number of aromatic nitrogens is 1. The number of benzene rings is 1. The van der Waals surface area contributed by atoms with Crippen molar-refractivity contribution in [3.63, 3.8) is 0 Å². The summed E-state index contributed by atoms with van der Waals surface area (Å²) in [5.74, 6) is -1.46. The van der Waals surface area contributed by atoms with Crippen LogP contribution in [0.3, 0.4) is 0 Å². The molecule has 102 valence electrons. The van der Waals surface area contributed by atoms with E-state index < -0.39 is 11.9 Å². The average Bonchev–Trinajstić information content (AvgIpc) is 2.41. The molecular weight excluding hydrogens is 280 g/mol. The Morgan fingerprint density at radius 2 is 2.00 bits per heavy atom. The normalized spacial score (nSPS) is 10.1. The summed E-state index contributed by atoms with van der Waals surface area (Å²) in [4.78, 5) is 26.9. The highest BCUT2D eigenvalue weighted by Gasteiger charge is 2.14. The second kappa shape index (κ2) is 5.71. The Morgan fingerprint density at radius 1 is 1.25 bits per heavy atom. The van der Waals surface area contributed by atoms with Gasteiger partial charge in [-0.2, -0.15) is 0 Å². The van der Waals surface area contributed by atoms with Crippen LogP contribution in [0.15, 0.2) is 36.7 Å². The summed E-state index contributed by atoms with van der Waals surface area (Å²) in [6, 6.07) is 6.18. The smallest absolute Gasteiger partial charge is 0.336 e. The molecule has 1 aromatic heterocycles. The highest BCUT2D eigenvalue weighted by atomic mass is 35.5. The zero-order valence-electron chi connectivity index (χ0n) is 10.6. The van der Waals surface area contributed by atoms with Crippen LogP contribution in [-0.4, -0.2) is 22.0 Å². The maximum atomic E-state index is 12.1. The number of nitrogens with zero attached hydrogens (tertiary/aromatic N) is 1. The lowest BCUT2D eigenvalue weighted by Crippen LogP contribution is -2.14. The molecule has 2 aromatic rings. The summed E-state index contributed by atoms with van der Waals surface area (Å²) in [5.41, 5.74) is 1.34. The van der Waals surface area contributed by atoms with Gasteiger partial charge in [-0.3, -0.25) is 9.78 Å². The van der Waals surface area contributed by atoms with Gasteiger partial charge in [0.15, 0.2) is 0 Å². The third-order valence-electron chi connectivity index (χ3n) is 2.83. The molecule has 0 bridgehead atoms. The Hall–Kier alpha value is -2.40. The first-order valence-corrected chi connectivity index (χ1v) is 6.12. The predicted octanol–water partition coefficient (Wildman–Crippen LogP) is 2.99. The molecule has 0 saturated carbocycles. The number of hydrogen-bond donors (Lipinski definition) is 2. The third-order valence-corrected chi connectivity index (χ3v) is 3.13. The maximum absolute atomic E-state index is 12.1. The molecule has 5 nitrogen and oxygen atoms in total. The minimum Gasteiger partial charge on any atom is -0.478 e. The first kappa shape index (κ1) is 14.0. The number of anilines is 1. The number of hydrogen-bond acceptors (Lipinski definition) is 3. The van der Waals surface area contributed by atoms with Crippen molar-refractivity contribution >= 4 is 29.2 Å². The number of nitrogens with one attached hydrogen (secondary N) is 1. The third kappa shape index (κ3) is 2.78. The maximum Gasteiger partial charge on any atom is 0.336 e. The standard InChI is InChI=1S/C14H11ClN2O3/c1-8-9(14(19)20)3-2-4-12(8)17-13(18)10-5-6-16-7-11(10)15/h2-7H,1H3,(H,17,18)(H,19,20). The van der Waals surface area contributed by atoms with E-state index in [-0.39, 0.29) is 16.1 Å². The van der Waals surface area contributed by atoms with E-state index in [1.807, 2.05) is 0 Å². The average molecular weight is 291 g/mol. The van der Waals surface area contributed by atoms with E-state index in [9.17, 15) is 9.59 Å². The molecule has 2 rings (SSSR count). The number of aromatic carboxylic acids is 1. The first-order valence-electron chi connectivity index (χ1n) is 5.74. The predicted molar refractivity (Wildman–Crippen MR) is 75.3 cm³/mol. The molecule has 20 heavy (non-hydrogen) atoms. The van der Waals surface area contributed by atoms with Crippen LogP contribution in [0.1, 0.15) is 26.3 Å². The summed E-state index contributed by atoms with van der Waals surface area (Å²) in [7, 11) is 0. The fourth-order valence-electron chi connectivity index (χ4n) is 1.75. The molecule has 0 unspecified atom stereocenters. The topological polar surface area (TPSA) is 79.3 Å². The number of rotatable bonds is 3. The first-order chi connectivity index (χ1) is 9.50. The second-order valence-electron chi connectivity index (χ2n) is 4.09. The van der Waals surface area contributed by atoms with Gasteiger partial charge < -0.3 is 10.4 Å². The second-order valence-corrected chi connectivity index (χ2v) is 4.50. The molecule has 0 aliphatic heterocycles. The van der Waals surface area contributed by atoms with E-state index in [0.717, 1.165) is 0 Å². The number of amides is 1. The van der Waals surface area contributed by atoms with Crippen LogP contribution in [0.2, 0.25) is 5.02 Å². The van der Waals surface area contributed by atoms with Crippen LogP contribution in [0.25, 0.3) is 0 Å². The largest absolute Gasteiger partial charge is 0.478 e. The highest BCUT2D eigenvalue weighted by Crippen LogP contribution is 2.21. The molecule has 0 aliphatic rings. The van der Waals surface area contributed by atoms with Crippen molar-refractivity contribution in [3.05, 3.63) is 58.4 Å². The van der Waals surface area contributed by atoms with Crippen LogP contribution < -0.4 is 5.32 Å². The monoisotopic (exact) mass is 290 g/mol. The molecule has 0 atom stereocenters. The van der Waals surface area contributed by atoms with Crippen molar-refractivity contribution in [1.29, 1.82) is 0 Å². The number of halogens is 1. The Balaban J connectivity index is 2.32. The van der Waals surface area contributed by atoms with E-state index in [1.165, 1.54) is 24.5 Å². The van der Waals surface area contributed by atoms with Crippen molar-refractivity contribution in [2.45, 2.75) is 6.92 Å². The molecule has 1 heterocycles. The molecule has 1 aromatic carbocycles. The van der Waals surface area contributed by atoms with Crippen molar-refractivity contribution in [2.24, 2.45) is 0 Å². The summed E-state index contributed by atoms with van der Waals surface area (Å²) in [6.07, 6.45) is 2.83. The van der Waals surface area contributed by atoms with Crippen LogP contribution in [0.5, 0.6) is 0 Å². The van der Waals surface area contributed by atoms with E-state index in [2.05, 4.69) is 10.3 Å². The van der Waals surface area contributed by atoms with Gasteiger partial charge in [-0.1, -0.05) is 17.7 Å². The summed E-state index contributed by atoms with van der Waals surface area (Å²) < 4.78 is 0. The van der Waals surface area contributed by atoms with Crippen molar-refractivity contribution in [1.82, 2.24) is 4.98 Å². The Morgan fingerprint density at radius 3 is 2.65 bits per heavy atom. The molecule has 0 fully saturated rings. The van der Waals surface area contributed by atoms with Gasteiger partial charge in [0.2, 0.25) is 0 Å². The number of carboxylic acid groups (broad SMARTS) is 1. The number of carbonyl (C=O) groups is 2. The molecule has 2 N–H and O–H groups in total. The molecular formula is C14H11ClN2O3. The molecule has 0 saturated heterocycles. The Bertz CT molecular complexity index is 686. The number of carboxylic acids is 1. The fourth-order valence-corrected chi connectivity index (χ4v) is 1.96. The van der Waals surface area contributed by atoms with Crippen LogP contribution in [-0.2, 0) is 0 Å². The van der Waals surface area contributed by atoms with Gasteiger partial charge in [-0.25, -0.2) is 4.79 Å². The minimum absolute atomic E-state index is 0.142. The van der Waals surface area contributed by atoms with Gasteiger partial charge >= 0.3 is 5.97 Å². The van der Waals surface area contributed by atoms with Gasteiger partial charge in [0.05, 0.1) is 16.1 Å². The lowest BCUT2D eigenvalue weighted by molar-refractivity contribution is 0.0695. The number of carbonyl (C=O) groups excluding carboxylic acids is 1. The summed E-state index contributed by atoms with van der Waals surface area (Å²) >= 11 is 5.89. The van der Waals surface area contributed by atoms with Gasteiger partial charge in [0.1, 0.15) is 0 Å². The molecule has 0 aliphatic carbocycles. The fraction of sp³-hybridized carbons (Fsp3) is 0.0714. The Kier molecular flexibility index (Phi) is 4.00. The van der Waals surface area contributed by atoms with Crippen molar-refractivity contribution in [3.8, 4) is 0 Å². The van der Waals surface area contributed by atoms with Gasteiger partial charge in [0.25, 0.3) is 5.91 Å². The SMILES string of the molecule is Cc1c(NC(=O)c2ccncc2Cl)cccc1C(=O)O. The van der Waals surface area contributed by atoms with E-state index in [0.29, 0.717) is 11.3 Å². The lowest BCUT2D eigenvalue weighted by atomic mass is 10.1. The lowest BCUT2D eigenvalue weighted by Gasteiger charge is -2.11. The molecule has 0 spiro atoms. The molecule has 6 heteroatoms. The Labute approximate surface area is 120 Å². The van der Waals surface area contributed by atoms with E-state index in [4.69, 9.17) is 16.7 Å². The van der Waals surface area contributed by atoms with E-state index >= 15 is 0 Å². The molecule has 1 amide bonds. The van der Waals surface area contributed by atoms with Gasteiger partial charge in [0, 0.05) is 18.1 Å². The van der Waals surface area contributed by atoms with Gasteiger partial charge in [-0.15, -0.1) is 0 Å².